The number of hydrogen-bond donors (Lipinski definition) is 0. The van der Waals surface area contributed by atoms with E-state index in [-0.39, 0.29) is 22.6 Å². The molecule has 0 aromatic rings. The smallest absolute Gasteiger partial charge is 0.377 e. The van der Waals surface area contributed by atoms with Crippen molar-refractivity contribution < 1.29 is 27.2 Å². The van der Waals surface area contributed by atoms with E-state index < -0.39 is 52.6 Å². The van der Waals surface area contributed by atoms with Gasteiger partial charge in [0.15, 0.2) is 16.6 Å². The van der Waals surface area contributed by atoms with E-state index >= 15 is 0 Å². The Morgan fingerprint density at radius 3 is 2.14 bits per heavy atom. The predicted molar refractivity (Wildman–Crippen MR) is 142 cm³/mol. The van der Waals surface area contributed by atoms with Gasteiger partial charge in [-0.25, -0.2) is 4.79 Å². The summed E-state index contributed by atoms with van der Waals surface area (Å²) in [5.41, 5.74) is 0. The lowest BCUT2D eigenvalue weighted by Gasteiger charge is -2.40. The molecule has 202 valence electrons. The van der Waals surface area contributed by atoms with Gasteiger partial charge in [-0.05, 0) is 49.1 Å². The maximum absolute atomic E-state index is 15.0. The van der Waals surface area contributed by atoms with Crippen LogP contribution >= 0.6 is 0 Å². The molecule has 2 aliphatic rings. The molecule has 0 amide bonds. The minimum atomic E-state index is -3.55. The van der Waals surface area contributed by atoms with E-state index in [2.05, 4.69) is 86.5 Å². The molecule has 1 saturated carbocycles. The molecular weight excluding hydrogens is 482 g/mol. The van der Waals surface area contributed by atoms with Gasteiger partial charge in [0.1, 0.15) is 12.2 Å². The van der Waals surface area contributed by atoms with Crippen LogP contribution in [0, 0.1) is 23.7 Å². The number of ether oxygens (including phenoxy) is 1. The minimum Gasteiger partial charge on any atom is -0.457 e. The Labute approximate surface area is 214 Å². The van der Waals surface area contributed by atoms with E-state index in [9.17, 15) is 13.6 Å². The molecule has 1 saturated heterocycles. The van der Waals surface area contributed by atoms with Crippen molar-refractivity contribution in [3.63, 3.8) is 0 Å². The summed E-state index contributed by atoms with van der Waals surface area (Å²) in [5, 5.41) is -0.0567. The molecule has 0 unspecified atom stereocenters. The highest BCUT2D eigenvalue weighted by atomic mass is 28.4. The van der Waals surface area contributed by atoms with E-state index in [1.54, 1.807) is 0 Å². The molecule has 0 aromatic carbocycles. The van der Waals surface area contributed by atoms with Crippen LogP contribution in [0.25, 0.3) is 0 Å². The molecule has 0 radical (unpaired) electrons. The summed E-state index contributed by atoms with van der Waals surface area (Å²) >= 11 is 0. The van der Waals surface area contributed by atoms with Gasteiger partial charge in [-0.2, -0.15) is 8.78 Å². The van der Waals surface area contributed by atoms with Crippen LogP contribution in [0.15, 0.2) is 0 Å². The average Bonchev–Trinajstić information content (AvgIpc) is 3.10. The van der Waals surface area contributed by atoms with Crippen molar-refractivity contribution in [2.45, 2.75) is 141 Å². The topological polar surface area (TPSA) is 44.8 Å². The molecule has 1 heterocycles. The van der Waals surface area contributed by atoms with Crippen LogP contribution in [-0.2, 0) is 18.4 Å². The first-order chi connectivity index (χ1) is 15.7. The monoisotopic (exact) mass is 530 g/mol. The maximum atomic E-state index is 15.0. The molecule has 4 nitrogen and oxygen atoms in total. The van der Waals surface area contributed by atoms with Gasteiger partial charge in [-0.1, -0.05) is 73.1 Å². The molecule has 35 heavy (non-hydrogen) atoms. The molecular formula is C27H48F2O4Si2. The van der Waals surface area contributed by atoms with E-state index in [0.29, 0.717) is 0 Å². The first-order valence-electron chi connectivity index (χ1n) is 13.2. The van der Waals surface area contributed by atoms with Crippen LogP contribution in [0.2, 0.25) is 36.3 Å². The third-order valence-electron chi connectivity index (χ3n) is 8.58. The van der Waals surface area contributed by atoms with Gasteiger partial charge < -0.3 is 13.6 Å². The SMILES string of the molecule is CCCCC[C@@H](C#C[C@H]1[C@@H]2[C@H](C[C@H]1O[Si](C)(C)C(C)(C)C)OC(=O)C2(F)F)O[Si](C)(C)C(C)(C)C. The number of rotatable bonds is 8. The number of carbonyl (C=O) groups excluding carboxylic acids is 1. The first kappa shape index (κ1) is 30.5. The Balaban J connectivity index is 2.41. The zero-order chi connectivity index (χ0) is 27.0. The Bertz CT molecular complexity index is 818. The lowest BCUT2D eigenvalue weighted by molar-refractivity contribution is -0.162. The zero-order valence-electron chi connectivity index (χ0n) is 23.8. The van der Waals surface area contributed by atoms with Crippen molar-refractivity contribution in [1.29, 1.82) is 0 Å². The number of unbranched alkanes of at least 4 members (excludes halogenated alkanes) is 2. The Morgan fingerprint density at radius 1 is 1.06 bits per heavy atom. The second kappa shape index (κ2) is 10.5. The van der Waals surface area contributed by atoms with Crippen molar-refractivity contribution in [3.05, 3.63) is 0 Å². The molecule has 1 aliphatic carbocycles. The van der Waals surface area contributed by atoms with E-state index in [1.165, 1.54) is 0 Å². The highest BCUT2D eigenvalue weighted by Crippen LogP contribution is 2.52. The molecule has 0 spiro atoms. The van der Waals surface area contributed by atoms with Gasteiger partial charge in [-0.15, -0.1) is 0 Å². The normalized spacial score (nSPS) is 27.7. The third-order valence-corrected chi connectivity index (χ3v) is 17.6. The summed E-state index contributed by atoms with van der Waals surface area (Å²) in [7, 11) is -4.35. The quantitative estimate of drug-likeness (QED) is 0.141. The van der Waals surface area contributed by atoms with Crippen LogP contribution in [0.5, 0.6) is 0 Å². The molecule has 0 bridgehead atoms. The maximum Gasteiger partial charge on any atom is 0.377 e. The fourth-order valence-corrected chi connectivity index (χ4v) is 6.83. The van der Waals surface area contributed by atoms with Gasteiger partial charge in [0.05, 0.1) is 17.9 Å². The van der Waals surface area contributed by atoms with Gasteiger partial charge >= 0.3 is 11.9 Å². The molecule has 8 heteroatoms. The molecule has 0 aromatic heterocycles. The molecule has 5 atom stereocenters. The van der Waals surface area contributed by atoms with Crippen molar-refractivity contribution in [2.75, 3.05) is 0 Å². The summed E-state index contributed by atoms with van der Waals surface area (Å²) in [6, 6.07) is 0. The lowest BCUT2D eigenvalue weighted by atomic mass is 9.89. The van der Waals surface area contributed by atoms with Gasteiger partial charge in [-0.3, -0.25) is 0 Å². The molecule has 0 N–H and O–H groups in total. The second-order valence-electron chi connectivity index (χ2n) is 13.4. The Kier molecular flexibility index (Phi) is 9.18. The summed E-state index contributed by atoms with van der Waals surface area (Å²) in [6.45, 7) is 23.7. The van der Waals surface area contributed by atoms with Crippen molar-refractivity contribution in [1.82, 2.24) is 0 Å². The van der Waals surface area contributed by atoms with Crippen LogP contribution in [-0.4, -0.2) is 46.8 Å². The summed E-state index contributed by atoms with van der Waals surface area (Å²) in [6.07, 6.45) is 2.51. The number of esters is 1. The summed E-state index contributed by atoms with van der Waals surface area (Å²) in [4.78, 5) is 11.9. The third kappa shape index (κ3) is 6.77. The minimum absolute atomic E-state index is 0.0167. The largest absolute Gasteiger partial charge is 0.457 e. The Hall–Kier alpha value is -0.756. The van der Waals surface area contributed by atoms with E-state index in [1.807, 2.05) is 0 Å². The summed E-state index contributed by atoms with van der Waals surface area (Å²) < 4.78 is 48.3. The Morgan fingerprint density at radius 2 is 1.63 bits per heavy atom. The fraction of sp³-hybridized carbons (Fsp3) is 0.889. The molecule has 1 aliphatic heterocycles. The van der Waals surface area contributed by atoms with Crippen LogP contribution < -0.4 is 0 Å². The second-order valence-corrected chi connectivity index (χ2v) is 22.9. The number of alkyl halides is 2. The molecule has 2 rings (SSSR count). The lowest BCUT2D eigenvalue weighted by Crippen LogP contribution is -2.46. The highest BCUT2D eigenvalue weighted by Gasteiger charge is 2.67. The zero-order valence-corrected chi connectivity index (χ0v) is 25.8. The number of hydrogen-bond acceptors (Lipinski definition) is 4. The summed E-state index contributed by atoms with van der Waals surface area (Å²) in [5.74, 6) is -0.571. The molecule has 2 fully saturated rings. The van der Waals surface area contributed by atoms with Gasteiger partial charge in [0.2, 0.25) is 0 Å². The van der Waals surface area contributed by atoms with Crippen molar-refractivity contribution >= 4 is 22.6 Å². The number of fused-ring (bicyclic) bond motifs is 1. The number of halogens is 2. The predicted octanol–water partition coefficient (Wildman–Crippen LogP) is 7.55. The van der Waals surface area contributed by atoms with Gasteiger partial charge in [0.25, 0.3) is 0 Å². The van der Waals surface area contributed by atoms with Gasteiger partial charge in [0, 0.05) is 6.42 Å². The van der Waals surface area contributed by atoms with E-state index in [0.717, 1.165) is 25.7 Å². The highest BCUT2D eigenvalue weighted by molar-refractivity contribution is 6.74. The first-order valence-corrected chi connectivity index (χ1v) is 19.0. The fourth-order valence-electron chi connectivity index (χ4n) is 4.24. The van der Waals surface area contributed by atoms with Crippen LogP contribution in [0.1, 0.15) is 80.6 Å². The van der Waals surface area contributed by atoms with Crippen LogP contribution in [0.4, 0.5) is 8.78 Å². The van der Waals surface area contributed by atoms with Crippen molar-refractivity contribution in [3.8, 4) is 11.8 Å². The standard InChI is InChI=1S/C27H48F2O4Si2/c1-12-13-14-15-19(32-34(8,9)25(2,3)4)16-17-20-21(33-35(10,11)26(5,6)7)18-22-23(20)27(28,29)24(30)31-22/h19-23H,12-15,18H2,1-11H3/t19-,20+,21+,22-,23+/m0/s1. The van der Waals surface area contributed by atoms with Crippen molar-refractivity contribution in [2.24, 2.45) is 11.8 Å². The number of carbonyl (C=O) groups is 1. The average molecular weight is 531 g/mol. The van der Waals surface area contributed by atoms with Crippen LogP contribution in [0.3, 0.4) is 0 Å². The van der Waals surface area contributed by atoms with E-state index in [4.69, 9.17) is 13.6 Å².